The fraction of sp³-hybridized carbons (Fsp3) is 0.294. The van der Waals surface area contributed by atoms with E-state index in [1.54, 1.807) is 17.3 Å². The standard InChI is InChI=1S/C17H17F2N3O/c18-15-4-3-12(10-16(15)19)17(23)22-8-5-13(6-9-22)21-14-2-1-7-20-11-14/h1-4,7,10-11,13,21H,5-6,8-9H2. The SMILES string of the molecule is O=C(c1ccc(F)c(F)c1)N1CCC(Nc2cccnc2)CC1. The van der Waals surface area contributed by atoms with E-state index in [9.17, 15) is 13.6 Å². The average Bonchev–Trinajstić information content (AvgIpc) is 2.58. The van der Waals surface area contributed by atoms with E-state index < -0.39 is 11.6 Å². The second-order valence-corrected chi connectivity index (χ2v) is 5.58. The van der Waals surface area contributed by atoms with Gasteiger partial charge in [-0.05, 0) is 43.2 Å². The van der Waals surface area contributed by atoms with Crippen molar-refractivity contribution in [2.75, 3.05) is 18.4 Å². The van der Waals surface area contributed by atoms with Crippen LogP contribution in [0, 0.1) is 11.6 Å². The summed E-state index contributed by atoms with van der Waals surface area (Å²) in [6, 6.07) is 7.35. The molecule has 0 unspecified atom stereocenters. The molecule has 120 valence electrons. The van der Waals surface area contributed by atoms with Gasteiger partial charge in [-0.25, -0.2) is 8.78 Å². The van der Waals surface area contributed by atoms with Crippen LogP contribution in [-0.2, 0) is 0 Å². The fourth-order valence-electron chi connectivity index (χ4n) is 2.72. The molecule has 0 atom stereocenters. The molecule has 1 fully saturated rings. The number of benzene rings is 1. The van der Waals surface area contributed by atoms with E-state index in [2.05, 4.69) is 10.3 Å². The number of pyridine rings is 1. The van der Waals surface area contributed by atoms with Gasteiger partial charge < -0.3 is 10.2 Å². The molecule has 0 aliphatic carbocycles. The average molecular weight is 317 g/mol. The molecule has 1 aromatic carbocycles. The number of aromatic nitrogens is 1. The molecule has 1 aliphatic rings. The molecule has 3 rings (SSSR count). The monoisotopic (exact) mass is 317 g/mol. The van der Waals surface area contributed by atoms with E-state index in [-0.39, 0.29) is 17.5 Å². The van der Waals surface area contributed by atoms with Crippen LogP contribution in [-0.4, -0.2) is 34.9 Å². The summed E-state index contributed by atoms with van der Waals surface area (Å²) in [5, 5.41) is 3.39. The van der Waals surface area contributed by atoms with Gasteiger partial charge in [0.2, 0.25) is 0 Å². The molecule has 1 aliphatic heterocycles. The Morgan fingerprint density at radius 2 is 1.96 bits per heavy atom. The number of carbonyl (C=O) groups is 1. The van der Waals surface area contributed by atoms with Crippen LogP contribution in [0.4, 0.5) is 14.5 Å². The molecule has 1 N–H and O–H groups in total. The van der Waals surface area contributed by atoms with E-state index in [0.29, 0.717) is 13.1 Å². The zero-order valence-corrected chi connectivity index (χ0v) is 12.5. The maximum absolute atomic E-state index is 13.2. The highest BCUT2D eigenvalue weighted by Gasteiger charge is 2.24. The molecular formula is C17H17F2N3O. The van der Waals surface area contributed by atoms with Gasteiger partial charge in [0.1, 0.15) is 0 Å². The Labute approximate surface area is 133 Å². The fourth-order valence-corrected chi connectivity index (χ4v) is 2.72. The smallest absolute Gasteiger partial charge is 0.253 e. The maximum atomic E-state index is 13.2. The van der Waals surface area contributed by atoms with Crippen LogP contribution in [0.25, 0.3) is 0 Å². The van der Waals surface area contributed by atoms with Gasteiger partial charge in [0.15, 0.2) is 11.6 Å². The number of halogens is 2. The summed E-state index contributed by atoms with van der Waals surface area (Å²) in [5.74, 6) is -2.20. The maximum Gasteiger partial charge on any atom is 0.253 e. The molecule has 0 radical (unpaired) electrons. The third-order valence-electron chi connectivity index (χ3n) is 3.98. The summed E-state index contributed by atoms with van der Waals surface area (Å²) >= 11 is 0. The van der Waals surface area contributed by atoms with Gasteiger partial charge in [-0.2, -0.15) is 0 Å². The first-order chi connectivity index (χ1) is 11.1. The molecule has 4 nitrogen and oxygen atoms in total. The minimum atomic E-state index is -0.996. The predicted molar refractivity (Wildman–Crippen MR) is 83.1 cm³/mol. The Kier molecular flexibility index (Phi) is 4.50. The van der Waals surface area contributed by atoms with Gasteiger partial charge >= 0.3 is 0 Å². The van der Waals surface area contributed by atoms with Crippen LogP contribution in [0.1, 0.15) is 23.2 Å². The van der Waals surface area contributed by atoms with Crippen molar-refractivity contribution in [1.82, 2.24) is 9.88 Å². The number of hydrogen-bond donors (Lipinski definition) is 1. The normalized spacial score (nSPS) is 15.5. The van der Waals surface area contributed by atoms with Crippen molar-refractivity contribution in [1.29, 1.82) is 0 Å². The van der Waals surface area contributed by atoms with Crippen molar-refractivity contribution in [3.63, 3.8) is 0 Å². The van der Waals surface area contributed by atoms with E-state index in [0.717, 1.165) is 30.7 Å². The predicted octanol–water partition coefficient (Wildman–Crippen LogP) is 3.08. The Balaban J connectivity index is 1.58. The summed E-state index contributed by atoms with van der Waals surface area (Å²) in [6.45, 7) is 1.16. The number of carbonyl (C=O) groups excluding carboxylic acids is 1. The Morgan fingerprint density at radius 1 is 1.17 bits per heavy atom. The minimum absolute atomic E-state index is 0.183. The molecule has 0 saturated carbocycles. The molecule has 6 heteroatoms. The highest BCUT2D eigenvalue weighted by molar-refractivity contribution is 5.94. The number of piperidine rings is 1. The lowest BCUT2D eigenvalue weighted by molar-refractivity contribution is 0.0718. The van der Waals surface area contributed by atoms with Crippen molar-refractivity contribution in [2.45, 2.75) is 18.9 Å². The summed E-state index contributed by atoms with van der Waals surface area (Å²) < 4.78 is 26.2. The topological polar surface area (TPSA) is 45.2 Å². The molecule has 0 bridgehead atoms. The number of amides is 1. The second kappa shape index (κ2) is 6.73. The number of rotatable bonds is 3. The number of nitrogens with one attached hydrogen (secondary N) is 1. The molecular weight excluding hydrogens is 300 g/mol. The van der Waals surface area contributed by atoms with Crippen LogP contribution >= 0.6 is 0 Å². The van der Waals surface area contributed by atoms with Crippen molar-refractivity contribution >= 4 is 11.6 Å². The lowest BCUT2D eigenvalue weighted by Gasteiger charge is -2.33. The van der Waals surface area contributed by atoms with Crippen LogP contribution < -0.4 is 5.32 Å². The molecule has 1 amide bonds. The largest absolute Gasteiger partial charge is 0.381 e. The van der Waals surface area contributed by atoms with E-state index in [1.165, 1.54) is 6.07 Å². The van der Waals surface area contributed by atoms with Crippen LogP contribution in [0.2, 0.25) is 0 Å². The lowest BCUT2D eigenvalue weighted by atomic mass is 10.0. The van der Waals surface area contributed by atoms with Gasteiger partial charge in [0.05, 0.1) is 5.69 Å². The first kappa shape index (κ1) is 15.4. The number of likely N-dealkylation sites (tertiary alicyclic amines) is 1. The summed E-state index contributed by atoms with van der Waals surface area (Å²) in [5.41, 5.74) is 1.14. The van der Waals surface area contributed by atoms with Crippen LogP contribution in [0.5, 0.6) is 0 Å². The van der Waals surface area contributed by atoms with Crippen LogP contribution in [0.15, 0.2) is 42.7 Å². The van der Waals surface area contributed by atoms with Crippen LogP contribution in [0.3, 0.4) is 0 Å². The highest BCUT2D eigenvalue weighted by Crippen LogP contribution is 2.18. The quantitative estimate of drug-likeness (QED) is 0.946. The second-order valence-electron chi connectivity index (χ2n) is 5.58. The third kappa shape index (κ3) is 3.64. The first-order valence-electron chi connectivity index (χ1n) is 7.54. The van der Waals surface area contributed by atoms with Gasteiger partial charge in [-0.15, -0.1) is 0 Å². The number of hydrogen-bond acceptors (Lipinski definition) is 3. The Morgan fingerprint density at radius 3 is 2.61 bits per heavy atom. The Hall–Kier alpha value is -2.50. The number of anilines is 1. The molecule has 0 spiro atoms. The molecule has 2 aromatic rings. The van der Waals surface area contributed by atoms with E-state index in [4.69, 9.17) is 0 Å². The van der Waals surface area contributed by atoms with Crippen molar-refractivity contribution in [2.24, 2.45) is 0 Å². The lowest BCUT2D eigenvalue weighted by Crippen LogP contribution is -2.42. The minimum Gasteiger partial charge on any atom is -0.381 e. The number of nitrogens with zero attached hydrogens (tertiary/aromatic N) is 2. The summed E-state index contributed by atoms with van der Waals surface area (Å²) in [4.78, 5) is 18.1. The molecule has 1 saturated heterocycles. The van der Waals surface area contributed by atoms with Gasteiger partial charge in [-0.3, -0.25) is 9.78 Å². The van der Waals surface area contributed by atoms with E-state index in [1.807, 2.05) is 12.1 Å². The highest BCUT2D eigenvalue weighted by atomic mass is 19.2. The summed E-state index contributed by atoms with van der Waals surface area (Å²) in [6.07, 6.45) is 5.07. The molecule has 23 heavy (non-hydrogen) atoms. The molecule has 1 aromatic heterocycles. The first-order valence-corrected chi connectivity index (χ1v) is 7.54. The molecule has 2 heterocycles. The van der Waals surface area contributed by atoms with Crippen molar-refractivity contribution in [3.05, 3.63) is 59.9 Å². The zero-order valence-electron chi connectivity index (χ0n) is 12.5. The van der Waals surface area contributed by atoms with Crippen molar-refractivity contribution < 1.29 is 13.6 Å². The Bertz CT molecular complexity index is 685. The van der Waals surface area contributed by atoms with E-state index >= 15 is 0 Å². The van der Waals surface area contributed by atoms with Gasteiger partial charge in [-0.1, -0.05) is 0 Å². The summed E-state index contributed by atoms with van der Waals surface area (Å²) in [7, 11) is 0. The third-order valence-corrected chi connectivity index (χ3v) is 3.98. The van der Waals surface area contributed by atoms with Gasteiger partial charge in [0, 0.05) is 37.1 Å². The van der Waals surface area contributed by atoms with Crippen molar-refractivity contribution in [3.8, 4) is 0 Å². The zero-order chi connectivity index (χ0) is 16.2. The van der Waals surface area contributed by atoms with Gasteiger partial charge in [0.25, 0.3) is 5.91 Å².